The van der Waals surface area contributed by atoms with E-state index in [0.29, 0.717) is 5.96 Å². The third-order valence-electron chi connectivity index (χ3n) is 4.11. The van der Waals surface area contributed by atoms with Crippen molar-refractivity contribution in [2.45, 2.75) is 26.7 Å². The van der Waals surface area contributed by atoms with Crippen LogP contribution < -0.4 is 10.6 Å². The van der Waals surface area contributed by atoms with Crippen LogP contribution >= 0.6 is 0 Å². The molecular weight excluding hydrogens is 314 g/mol. The third kappa shape index (κ3) is 5.24. The number of nitrogens with zero attached hydrogens (tertiary/aromatic N) is 2. The Morgan fingerprint density at radius 1 is 1.24 bits per heavy atom. The largest absolute Gasteiger partial charge is 0.361 e. The van der Waals surface area contributed by atoms with Gasteiger partial charge in [0.2, 0.25) is 5.91 Å². The second-order valence-corrected chi connectivity index (χ2v) is 6.37. The molecule has 0 saturated carbocycles. The first kappa shape index (κ1) is 18.8. The number of carbonyl (C=O) groups is 1. The highest BCUT2D eigenvalue weighted by molar-refractivity contribution is 5.86. The van der Waals surface area contributed by atoms with E-state index < -0.39 is 0 Å². The standard InChI is InChI=1S/C19H29N5O/c1-5-10-20-19(23-13-17(25)24(3)4)21-11-9-15-12-22-18-14(2)7-6-8-16(15)18/h6-8,12,22H,5,9-11,13H2,1-4H3,(H2,20,21,23). The average Bonchev–Trinajstić information content (AvgIpc) is 3.01. The molecule has 6 heteroatoms. The van der Waals surface area contributed by atoms with Crippen LogP contribution in [0, 0.1) is 6.92 Å². The van der Waals surface area contributed by atoms with Gasteiger partial charge in [0.1, 0.15) is 6.54 Å². The Hall–Kier alpha value is -2.50. The number of likely N-dealkylation sites (N-methyl/N-ethyl adjacent to an activating group) is 1. The number of aromatic amines is 1. The Labute approximate surface area is 149 Å². The number of para-hydroxylation sites is 1. The molecule has 3 N–H and O–H groups in total. The molecule has 0 aliphatic heterocycles. The number of rotatable bonds is 7. The van der Waals surface area contributed by atoms with Crippen molar-refractivity contribution < 1.29 is 4.79 Å². The maximum atomic E-state index is 11.7. The van der Waals surface area contributed by atoms with Crippen molar-refractivity contribution in [3.8, 4) is 0 Å². The number of hydrogen-bond acceptors (Lipinski definition) is 2. The molecule has 1 aromatic heterocycles. The highest BCUT2D eigenvalue weighted by Gasteiger charge is 2.07. The zero-order chi connectivity index (χ0) is 18.2. The summed E-state index contributed by atoms with van der Waals surface area (Å²) in [5.74, 6) is 0.678. The molecule has 0 spiro atoms. The van der Waals surface area contributed by atoms with Crippen LogP contribution in [-0.2, 0) is 11.2 Å². The summed E-state index contributed by atoms with van der Waals surface area (Å²) < 4.78 is 0. The Kier molecular flexibility index (Phi) is 6.86. The lowest BCUT2D eigenvalue weighted by Crippen LogP contribution is -2.39. The molecule has 0 radical (unpaired) electrons. The first-order valence-corrected chi connectivity index (χ1v) is 8.80. The molecule has 1 aromatic carbocycles. The number of H-pyrrole nitrogens is 1. The van der Waals surface area contributed by atoms with E-state index in [1.165, 1.54) is 22.0 Å². The van der Waals surface area contributed by atoms with Gasteiger partial charge in [0.15, 0.2) is 5.96 Å². The minimum atomic E-state index is -0.00953. The number of guanidine groups is 1. The first-order valence-electron chi connectivity index (χ1n) is 8.80. The number of hydrogen-bond donors (Lipinski definition) is 3. The van der Waals surface area contributed by atoms with Gasteiger partial charge in [-0.3, -0.25) is 4.79 Å². The van der Waals surface area contributed by atoms with Crippen molar-refractivity contribution in [3.63, 3.8) is 0 Å². The number of aliphatic imine (C=N–C) groups is 1. The molecule has 0 bridgehead atoms. The van der Waals surface area contributed by atoms with Gasteiger partial charge in [0, 0.05) is 44.3 Å². The fourth-order valence-corrected chi connectivity index (χ4v) is 2.59. The summed E-state index contributed by atoms with van der Waals surface area (Å²) >= 11 is 0. The number of aromatic nitrogens is 1. The van der Waals surface area contributed by atoms with E-state index in [9.17, 15) is 4.79 Å². The lowest BCUT2D eigenvalue weighted by molar-refractivity contribution is -0.127. The van der Waals surface area contributed by atoms with Crippen molar-refractivity contribution in [1.29, 1.82) is 0 Å². The minimum absolute atomic E-state index is 0.00953. The summed E-state index contributed by atoms with van der Waals surface area (Å²) in [7, 11) is 3.48. The molecule has 0 unspecified atom stereocenters. The zero-order valence-corrected chi connectivity index (χ0v) is 15.6. The van der Waals surface area contributed by atoms with E-state index >= 15 is 0 Å². The highest BCUT2D eigenvalue weighted by atomic mass is 16.2. The van der Waals surface area contributed by atoms with Gasteiger partial charge in [-0.25, -0.2) is 4.99 Å². The Bertz CT molecular complexity index is 732. The average molecular weight is 343 g/mol. The molecule has 1 heterocycles. The number of nitrogens with one attached hydrogen (secondary N) is 3. The maximum Gasteiger partial charge on any atom is 0.243 e. The molecule has 0 aliphatic carbocycles. The molecule has 6 nitrogen and oxygen atoms in total. The number of aryl methyl sites for hydroxylation is 1. The Balaban J connectivity index is 1.96. The van der Waals surface area contributed by atoms with E-state index in [4.69, 9.17) is 0 Å². The van der Waals surface area contributed by atoms with Crippen molar-refractivity contribution in [1.82, 2.24) is 20.5 Å². The lowest BCUT2D eigenvalue weighted by atomic mass is 10.1. The summed E-state index contributed by atoms with van der Waals surface area (Å²) in [5.41, 5.74) is 3.74. The van der Waals surface area contributed by atoms with Crippen LogP contribution in [0.2, 0.25) is 0 Å². The molecule has 0 fully saturated rings. The number of amides is 1. The second-order valence-electron chi connectivity index (χ2n) is 6.37. The number of fused-ring (bicyclic) bond motifs is 1. The van der Waals surface area contributed by atoms with Crippen LogP contribution in [0.4, 0.5) is 0 Å². The van der Waals surface area contributed by atoms with Gasteiger partial charge in [-0.2, -0.15) is 0 Å². The summed E-state index contributed by atoms with van der Waals surface area (Å²) in [4.78, 5) is 21.0. The van der Waals surface area contributed by atoms with Gasteiger partial charge in [-0.1, -0.05) is 25.1 Å². The summed E-state index contributed by atoms with van der Waals surface area (Å²) in [5, 5.41) is 7.84. The fraction of sp³-hybridized carbons (Fsp3) is 0.474. The van der Waals surface area contributed by atoms with E-state index in [1.54, 1.807) is 19.0 Å². The van der Waals surface area contributed by atoms with Crippen molar-refractivity contribution in [2.75, 3.05) is 33.7 Å². The highest BCUT2D eigenvalue weighted by Crippen LogP contribution is 2.21. The van der Waals surface area contributed by atoms with Crippen molar-refractivity contribution in [3.05, 3.63) is 35.5 Å². The molecule has 0 aliphatic rings. The van der Waals surface area contributed by atoms with Gasteiger partial charge < -0.3 is 20.5 Å². The fourth-order valence-electron chi connectivity index (χ4n) is 2.59. The minimum Gasteiger partial charge on any atom is -0.361 e. The molecule has 0 saturated heterocycles. The van der Waals surface area contributed by atoms with E-state index in [-0.39, 0.29) is 12.5 Å². The van der Waals surface area contributed by atoms with Crippen molar-refractivity contribution in [2.24, 2.45) is 4.99 Å². The number of carbonyl (C=O) groups excluding carboxylic acids is 1. The van der Waals surface area contributed by atoms with Gasteiger partial charge in [0.05, 0.1) is 0 Å². The van der Waals surface area contributed by atoms with Gasteiger partial charge in [0.25, 0.3) is 0 Å². The molecular formula is C19H29N5O. The number of benzene rings is 1. The van der Waals surface area contributed by atoms with E-state index in [1.807, 2.05) is 0 Å². The Morgan fingerprint density at radius 3 is 2.72 bits per heavy atom. The van der Waals surface area contributed by atoms with Crippen LogP contribution in [-0.4, -0.2) is 55.5 Å². The maximum absolute atomic E-state index is 11.7. The molecule has 1 amide bonds. The SMILES string of the molecule is CCCNC(=NCC(=O)N(C)C)NCCc1c[nH]c2c(C)cccc12. The molecule has 2 rings (SSSR count). The van der Waals surface area contributed by atoms with Crippen molar-refractivity contribution >= 4 is 22.8 Å². The quantitative estimate of drug-likeness (QED) is 0.532. The summed E-state index contributed by atoms with van der Waals surface area (Å²) in [6, 6.07) is 6.35. The molecule has 25 heavy (non-hydrogen) atoms. The normalized spacial score (nSPS) is 11.6. The monoisotopic (exact) mass is 343 g/mol. The lowest BCUT2D eigenvalue weighted by Gasteiger charge is -2.13. The first-order chi connectivity index (χ1) is 12.0. The van der Waals surface area contributed by atoms with Crippen LogP contribution in [0.3, 0.4) is 0 Å². The Morgan fingerprint density at radius 2 is 2.00 bits per heavy atom. The summed E-state index contributed by atoms with van der Waals surface area (Å²) in [6.07, 6.45) is 3.97. The molecule has 2 aromatic rings. The smallest absolute Gasteiger partial charge is 0.243 e. The predicted octanol–water partition coefficient (Wildman–Crippen LogP) is 2.05. The summed E-state index contributed by atoms with van der Waals surface area (Å²) in [6.45, 7) is 5.95. The third-order valence-corrected chi connectivity index (χ3v) is 4.11. The van der Waals surface area contributed by atoms with Gasteiger partial charge in [-0.05, 0) is 30.9 Å². The van der Waals surface area contributed by atoms with E-state index in [2.05, 4.69) is 58.9 Å². The zero-order valence-electron chi connectivity index (χ0n) is 15.6. The van der Waals surface area contributed by atoms with Crippen LogP contribution in [0.25, 0.3) is 10.9 Å². The molecule has 136 valence electrons. The van der Waals surface area contributed by atoms with Crippen LogP contribution in [0.15, 0.2) is 29.4 Å². The topological polar surface area (TPSA) is 72.5 Å². The predicted molar refractivity (Wildman–Crippen MR) is 104 cm³/mol. The second kappa shape index (κ2) is 9.11. The molecule has 0 atom stereocenters. The van der Waals surface area contributed by atoms with E-state index in [0.717, 1.165) is 25.9 Å². The van der Waals surface area contributed by atoms with Gasteiger partial charge in [-0.15, -0.1) is 0 Å². The van der Waals surface area contributed by atoms with Gasteiger partial charge >= 0.3 is 0 Å². The van der Waals surface area contributed by atoms with Crippen LogP contribution in [0.5, 0.6) is 0 Å². The van der Waals surface area contributed by atoms with Crippen LogP contribution in [0.1, 0.15) is 24.5 Å².